The van der Waals surface area contributed by atoms with Gasteiger partial charge in [0, 0.05) is 5.69 Å². The second kappa shape index (κ2) is 6.49. The first-order valence-corrected chi connectivity index (χ1v) is 7.53. The molecular formula is C19H21NO. The summed E-state index contributed by atoms with van der Waals surface area (Å²) < 4.78 is 5.21. The van der Waals surface area contributed by atoms with Crippen molar-refractivity contribution >= 4 is 11.3 Å². The normalized spacial score (nSPS) is 18.0. The topological polar surface area (TPSA) is 21.3 Å². The van der Waals surface area contributed by atoms with Crippen LogP contribution >= 0.6 is 0 Å². The molecule has 0 fully saturated rings. The monoisotopic (exact) mass is 279 g/mol. The van der Waals surface area contributed by atoms with Crippen LogP contribution in [0.1, 0.15) is 24.8 Å². The number of hydrogen-bond acceptors (Lipinski definition) is 2. The number of methoxy groups -OCH3 is 1. The van der Waals surface area contributed by atoms with Gasteiger partial charge in [-0.1, -0.05) is 36.4 Å². The number of allylic oxidation sites excluding steroid dienone is 1. The van der Waals surface area contributed by atoms with Crippen molar-refractivity contribution in [3.63, 3.8) is 0 Å². The van der Waals surface area contributed by atoms with Crippen LogP contribution in [0.2, 0.25) is 0 Å². The van der Waals surface area contributed by atoms with Crippen molar-refractivity contribution in [1.29, 1.82) is 0 Å². The number of anilines is 1. The zero-order valence-electron chi connectivity index (χ0n) is 12.4. The van der Waals surface area contributed by atoms with Crippen molar-refractivity contribution in [2.75, 3.05) is 12.4 Å². The highest BCUT2D eigenvalue weighted by molar-refractivity contribution is 5.73. The van der Waals surface area contributed by atoms with Crippen molar-refractivity contribution in [1.82, 2.24) is 0 Å². The van der Waals surface area contributed by atoms with Gasteiger partial charge in [0.05, 0.1) is 13.2 Å². The summed E-state index contributed by atoms with van der Waals surface area (Å²) in [7, 11) is 1.69. The van der Waals surface area contributed by atoms with E-state index in [2.05, 4.69) is 53.9 Å². The predicted octanol–water partition coefficient (Wildman–Crippen LogP) is 4.74. The van der Waals surface area contributed by atoms with E-state index in [0.717, 1.165) is 11.4 Å². The molecule has 0 saturated carbocycles. The summed E-state index contributed by atoms with van der Waals surface area (Å²) in [5.41, 5.74) is 3.88. The van der Waals surface area contributed by atoms with Gasteiger partial charge in [0.25, 0.3) is 0 Å². The molecule has 0 aliphatic heterocycles. The van der Waals surface area contributed by atoms with Crippen molar-refractivity contribution in [2.45, 2.75) is 25.3 Å². The summed E-state index contributed by atoms with van der Waals surface area (Å²) in [5.74, 6) is 0.892. The molecule has 0 saturated heterocycles. The van der Waals surface area contributed by atoms with Gasteiger partial charge in [-0.3, -0.25) is 0 Å². The minimum absolute atomic E-state index is 0.384. The maximum absolute atomic E-state index is 5.21. The molecule has 0 bridgehead atoms. The molecule has 2 aromatic carbocycles. The predicted molar refractivity (Wildman–Crippen MR) is 88.7 cm³/mol. The Labute approximate surface area is 126 Å². The molecule has 1 unspecified atom stereocenters. The molecule has 2 aromatic rings. The maximum atomic E-state index is 5.21. The maximum Gasteiger partial charge on any atom is 0.119 e. The van der Waals surface area contributed by atoms with E-state index in [1.807, 2.05) is 12.1 Å². The zero-order chi connectivity index (χ0) is 14.5. The number of nitrogens with one attached hydrogen (secondary N) is 1. The highest BCUT2D eigenvalue weighted by atomic mass is 16.5. The van der Waals surface area contributed by atoms with Gasteiger partial charge in [0.2, 0.25) is 0 Å². The summed E-state index contributed by atoms with van der Waals surface area (Å²) in [4.78, 5) is 0. The van der Waals surface area contributed by atoms with E-state index in [-0.39, 0.29) is 0 Å². The Kier molecular flexibility index (Phi) is 4.25. The Morgan fingerprint density at radius 2 is 1.76 bits per heavy atom. The smallest absolute Gasteiger partial charge is 0.119 e. The van der Waals surface area contributed by atoms with Crippen molar-refractivity contribution in [3.8, 4) is 5.75 Å². The van der Waals surface area contributed by atoms with Gasteiger partial charge >= 0.3 is 0 Å². The Bertz CT molecular complexity index is 601. The first kappa shape index (κ1) is 13.7. The fourth-order valence-electron chi connectivity index (χ4n) is 2.87. The summed E-state index contributed by atoms with van der Waals surface area (Å²) in [5, 5.41) is 3.66. The lowest BCUT2D eigenvalue weighted by atomic mass is 9.89. The third kappa shape index (κ3) is 3.27. The van der Waals surface area contributed by atoms with Crippen LogP contribution in [-0.2, 0) is 0 Å². The molecule has 1 aliphatic carbocycles. The first-order valence-electron chi connectivity index (χ1n) is 7.53. The molecule has 0 spiro atoms. The summed E-state index contributed by atoms with van der Waals surface area (Å²) >= 11 is 0. The van der Waals surface area contributed by atoms with Crippen molar-refractivity contribution < 1.29 is 4.74 Å². The molecule has 108 valence electrons. The van der Waals surface area contributed by atoms with E-state index in [0.29, 0.717) is 6.04 Å². The fraction of sp³-hybridized carbons (Fsp3) is 0.263. The summed E-state index contributed by atoms with van der Waals surface area (Å²) in [6, 6.07) is 19.2. The van der Waals surface area contributed by atoms with Gasteiger partial charge in [-0.15, -0.1) is 0 Å². The largest absolute Gasteiger partial charge is 0.497 e. The lowest BCUT2D eigenvalue weighted by molar-refractivity contribution is 0.415. The van der Waals surface area contributed by atoms with Crippen LogP contribution in [0, 0.1) is 0 Å². The minimum atomic E-state index is 0.384. The number of hydrogen-bond donors (Lipinski definition) is 1. The molecule has 1 aliphatic rings. The molecule has 0 radical (unpaired) electrons. The Morgan fingerprint density at radius 1 is 1.00 bits per heavy atom. The fourth-order valence-corrected chi connectivity index (χ4v) is 2.87. The van der Waals surface area contributed by atoms with Gasteiger partial charge in [0.1, 0.15) is 5.75 Å². The Hall–Kier alpha value is -2.22. The second-order valence-corrected chi connectivity index (χ2v) is 5.38. The number of ether oxygens (including phenoxy) is 1. The van der Waals surface area contributed by atoms with Gasteiger partial charge in [-0.2, -0.15) is 0 Å². The molecular weight excluding hydrogens is 258 g/mol. The van der Waals surface area contributed by atoms with E-state index in [1.165, 1.54) is 30.4 Å². The van der Waals surface area contributed by atoms with Gasteiger partial charge < -0.3 is 10.1 Å². The van der Waals surface area contributed by atoms with E-state index in [9.17, 15) is 0 Å². The third-order valence-corrected chi connectivity index (χ3v) is 3.97. The Balaban J connectivity index is 1.79. The minimum Gasteiger partial charge on any atom is -0.497 e. The molecule has 0 aromatic heterocycles. The van der Waals surface area contributed by atoms with Crippen LogP contribution in [0.5, 0.6) is 5.75 Å². The van der Waals surface area contributed by atoms with Crippen LogP contribution in [-0.4, -0.2) is 13.2 Å². The van der Waals surface area contributed by atoms with Gasteiger partial charge in [-0.05, 0) is 54.7 Å². The van der Waals surface area contributed by atoms with Crippen LogP contribution in [0.15, 0.2) is 60.7 Å². The average Bonchev–Trinajstić information content (AvgIpc) is 2.57. The highest BCUT2D eigenvalue weighted by Crippen LogP contribution is 2.30. The van der Waals surface area contributed by atoms with Crippen molar-refractivity contribution in [3.05, 3.63) is 66.2 Å². The molecule has 21 heavy (non-hydrogen) atoms. The molecule has 2 nitrogen and oxygen atoms in total. The SMILES string of the molecule is COc1ccc(NC2CCCC=C2c2ccccc2)cc1. The van der Waals surface area contributed by atoms with Gasteiger partial charge in [-0.25, -0.2) is 0 Å². The molecule has 0 heterocycles. The standard InChI is InChI=1S/C19H21NO/c1-21-17-13-11-16(12-14-17)20-19-10-6-5-9-18(19)15-7-3-2-4-8-15/h2-4,7-9,11-14,19-20H,5-6,10H2,1H3. The van der Waals surface area contributed by atoms with Crippen LogP contribution in [0.4, 0.5) is 5.69 Å². The second-order valence-electron chi connectivity index (χ2n) is 5.38. The average molecular weight is 279 g/mol. The Morgan fingerprint density at radius 3 is 2.48 bits per heavy atom. The van der Waals surface area contributed by atoms with Crippen LogP contribution in [0.3, 0.4) is 0 Å². The highest BCUT2D eigenvalue weighted by Gasteiger charge is 2.18. The van der Waals surface area contributed by atoms with E-state index in [1.54, 1.807) is 7.11 Å². The lowest BCUT2D eigenvalue weighted by Crippen LogP contribution is -2.23. The van der Waals surface area contributed by atoms with E-state index >= 15 is 0 Å². The third-order valence-electron chi connectivity index (χ3n) is 3.97. The molecule has 0 amide bonds. The number of rotatable bonds is 4. The lowest BCUT2D eigenvalue weighted by Gasteiger charge is -2.27. The molecule has 1 atom stereocenters. The van der Waals surface area contributed by atoms with Crippen LogP contribution < -0.4 is 10.1 Å². The summed E-state index contributed by atoms with van der Waals surface area (Å²) in [6.07, 6.45) is 5.96. The van der Waals surface area contributed by atoms with Crippen molar-refractivity contribution in [2.24, 2.45) is 0 Å². The number of benzene rings is 2. The summed E-state index contributed by atoms with van der Waals surface area (Å²) in [6.45, 7) is 0. The quantitative estimate of drug-likeness (QED) is 0.872. The molecule has 1 N–H and O–H groups in total. The van der Waals surface area contributed by atoms with Crippen LogP contribution in [0.25, 0.3) is 5.57 Å². The van der Waals surface area contributed by atoms with E-state index in [4.69, 9.17) is 4.74 Å². The van der Waals surface area contributed by atoms with E-state index < -0.39 is 0 Å². The molecule has 3 rings (SSSR count). The zero-order valence-corrected chi connectivity index (χ0v) is 12.4. The van der Waals surface area contributed by atoms with Gasteiger partial charge in [0.15, 0.2) is 0 Å². The molecule has 2 heteroatoms. The first-order chi connectivity index (χ1) is 10.4.